The number of alkyl halides is 1. The standard InChI is InChI=1S/C8H18INO2/c1-7(10)8(5-9)6-12-4-3-11-2/h7-8H,3-6,10H2,1-2H3. The summed E-state index contributed by atoms with van der Waals surface area (Å²) in [5.74, 6) is 0.461. The van der Waals surface area contributed by atoms with E-state index in [0.717, 1.165) is 11.0 Å². The fourth-order valence-corrected chi connectivity index (χ4v) is 1.77. The molecule has 0 spiro atoms. The Hall–Kier alpha value is 0.610. The van der Waals surface area contributed by atoms with Gasteiger partial charge in [0.05, 0.1) is 19.8 Å². The highest BCUT2D eigenvalue weighted by Crippen LogP contribution is 2.06. The summed E-state index contributed by atoms with van der Waals surface area (Å²) >= 11 is 2.33. The van der Waals surface area contributed by atoms with Crippen LogP contribution in [-0.2, 0) is 9.47 Å². The summed E-state index contributed by atoms with van der Waals surface area (Å²) in [6.45, 7) is 4.08. The molecule has 0 saturated heterocycles. The van der Waals surface area contributed by atoms with Crippen molar-refractivity contribution in [2.24, 2.45) is 11.7 Å². The molecule has 2 N–H and O–H groups in total. The number of hydrogen-bond acceptors (Lipinski definition) is 3. The van der Waals surface area contributed by atoms with Crippen LogP contribution in [0.3, 0.4) is 0 Å². The second-order valence-electron chi connectivity index (χ2n) is 2.84. The van der Waals surface area contributed by atoms with Crippen molar-refractivity contribution >= 4 is 22.6 Å². The van der Waals surface area contributed by atoms with Gasteiger partial charge in [-0.25, -0.2) is 0 Å². The molecule has 0 aliphatic heterocycles. The SMILES string of the molecule is COCCOCC(CI)C(C)N. The predicted octanol–water partition coefficient (Wildman–Crippen LogP) is 1.05. The molecular weight excluding hydrogens is 269 g/mol. The van der Waals surface area contributed by atoms with Crippen molar-refractivity contribution in [1.82, 2.24) is 0 Å². The van der Waals surface area contributed by atoms with Crippen LogP contribution in [0.2, 0.25) is 0 Å². The van der Waals surface area contributed by atoms with Crippen molar-refractivity contribution in [2.45, 2.75) is 13.0 Å². The molecule has 0 aliphatic carbocycles. The van der Waals surface area contributed by atoms with Crippen LogP contribution in [0.5, 0.6) is 0 Å². The Labute approximate surface area is 88.1 Å². The highest BCUT2D eigenvalue weighted by Gasteiger charge is 2.11. The van der Waals surface area contributed by atoms with Gasteiger partial charge in [-0.05, 0) is 6.92 Å². The molecule has 4 heteroatoms. The molecule has 0 aromatic rings. The second-order valence-corrected chi connectivity index (χ2v) is 3.72. The fraction of sp³-hybridized carbons (Fsp3) is 1.00. The quantitative estimate of drug-likeness (QED) is 0.432. The molecule has 0 amide bonds. The maximum Gasteiger partial charge on any atom is 0.0700 e. The lowest BCUT2D eigenvalue weighted by Gasteiger charge is -2.17. The first-order chi connectivity index (χ1) is 5.72. The molecule has 2 atom stereocenters. The lowest BCUT2D eigenvalue weighted by molar-refractivity contribution is 0.0523. The van der Waals surface area contributed by atoms with Gasteiger partial charge in [-0.1, -0.05) is 22.6 Å². The molecule has 0 radical (unpaired) electrons. The minimum atomic E-state index is 0.212. The third-order valence-electron chi connectivity index (χ3n) is 1.71. The number of rotatable bonds is 7. The van der Waals surface area contributed by atoms with Gasteiger partial charge >= 0.3 is 0 Å². The molecule has 0 aromatic carbocycles. The van der Waals surface area contributed by atoms with E-state index >= 15 is 0 Å². The maximum atomic E-state index is 5.75. The van der Waals surface area contributed by atoms with Crippen molar-refractivity contribution in [3.8, 4) is 0 Å². The summed E-state index contributed by atoms with van der Waals surface area (Å²) in [6, 6.07) is 0.212. The summed E-state index contributed by atoms with van der Waals surface area (Å²) in [5, 5.41) is 0. The van der Waals surface area contributed by atoms with Crippen LogP contribution in [0.1, 0.15) is 6.92 Å². The first-order valence-electron chi connectivity index (χ1n) is 4.10. The second kappa shape index (κ2) is 8.22. The Morgan fingerprint density at radius 3 is 2.50 bits per heavy atom. The molecule has 3 nitrogen and oxygen atoms in total. The molecule has 0 bridgehead atoms. The minimum absolute atomic E-state index is 0.212. The summed E-state index contributed by atoms with van der Waals surface area (Å²) in [4.78, 5) is 0. The summed E-state index contributed by atoms with van der Waals surface area (Å²) in [6.07, 6.45) is 0. The smallest absolute Gasteiger partial charge is 0.0700 e. The Balaban J connectivity index is 3.32. The van der Waals surface area contributed by atoms with Crippen molar-refractivity contribution < 1.29 is 9.47 Å². The maximum absolute atomic E-state index is 5.75. The van der Waals surface area contributed by atoms with E-state index in [1.807, 2.05) is 6.92 Å². The minimum Gasteiger partial charge on any atom is -0.382 e. The summed E-state index contributed by atoms with van der Waals surface area (Å²) < 4.78 is 11.3. The molecule has 74 valence electrons. The zero-order chi connectivity index (χ0) is 9.40. The lowest BCUT2D eigenvalue weighted by atomic mass is 10.1. The topological polar surface area (TPSA) is 44.5 Å². The fourth-order valence-electron chi connectivity index (χ4n) is 0.714. The van der Waals surface area contributed by atoms with Crippen LogP contribution in [0.25, 0.3) is 0 Å². The van der Waals surface area contributed by atoms with Gasteiger partial charge in [-0.3, -0.25) is 0 Å². The first-order valence-corrected chi connectivity index (χ1v) is 5.63. The van der Waals surface area contributed by atoms with Crippen molar-refractivity contribution in [1.29, 1.82) is 0 Å². The van der Waals surface area contributed by atoms with Gasteiger partial charge < -0.3 is 15.2 Å². The van der Waals surface area contributed by atoms with Crippen LogP contribution in [0, 0.1) is 5.92 Å². The van der Waals surface area contributed by atoms with Crippen molar-refractivity contribution in [2.75, 3.05) is 31.4 Å². The molecule has 0 aromatic heterocycles. The van der Waals surface area contributed by atoms with E-state index in [2.05, 4.69) is 22.6 Å². The average Bonchev–Trinajstić information content (AvgIpc) is 2.04. The van der Waals surface area contributed by atoms with E-state index in [4.69, 9.17) is 15.2 Å². The molecule has 0 aliphatic rings. The van der Waals surface area contributed by atoms with E-state index in [0.29, 0.717) is 19.1 Å². The zero-order valence-corrected chi connectivity index (χ0v) is 9.91. The molecule has 0 heterocycles. The average molecular weight is 287 g/mol. The number of ether oxygens (including phenoxy) is 2. The van der Waals surface area contributed by atoms with Gasteiger partial charge in [0, 0.05) is 23.5 Å². The van der Waals surface area contributed by atoms with Crippen LogP contribution >= 0.6 is 22.6 Å². The van der Waals surface area contributed by atoms with Gasteiger partial charge in [-0.15, -0.1) is 0 Å². The highest BCUT2D eigenvalue weighted by molar-refractivity contribution is 14.1. The molecule has 12 heavy (non-hydrogen) atoms. The van der Waals surface area contributed by atoms with Gasteiger partial charge in [0.1, 0.15) is 0 Å². The number of nitrogens with two attached hydrogens (primary N) is 1. The Morgan fingerprint density at radius 1 is 1.42 bits per heavy atom. The Morgan fingerprint density at radius 2 is 2.08 bits per heavy atom. The highest BCUT2D eigenvalue weighted by atomic mass is 127. The monoisotopic (exact) mass is 287 g/mol. The van der Waals surface area contributed by atoms with Crippen molar-refractivity contribution in [3.05, 3.63) is 0 Å². The van der Waals surface area contributed by atoms with Crippen LogP contribution in [0.4, 0.5) is 0 Å². The predicted molar refractivity (Wildman–Crippen MR) is 58.7 cm³/mol. The third-order valence-corrected chi connectivity index (χ3v) is 2.84. The summed E-state index contributed by atoms with van der Waals surface area (Å²) in [5.41, 5.74) is 5.75. The van der Waals surface area contributed by atoms with E-state index in [1.165, 1.54) is 0 Å². The Kier molecular flexibility index (Phi) is 8.64. The summed E-state index contributed by atoms with van der Waals surface area (Å²) in [7, 11) is 1.67. The van der Waals surface area contributed by atoms with E-state index in [-0.39, 0.29) is 6.04 Å². The lowest BCUT2D eigenvalue weighted by Crippen LogP contribution is -2.31. The van der Waals surface area contributed by atoms with Gasteiger partial charge in [0.2, 0.25) is 0 Å². The Bertz CT molecular complexity index is 101. The largest absolute Gasteiger partial charge is 0.382 e. The molecule has 0 rings (SSSR count). The van der Waals surface area contributed by atoms with Crippen LogP contribution in [0.15, 0.2) is 0 Å². The molecule has 0 fully saturated rings. The van der Waals surface area contributed by atoms with Gasteiger partial charge in [-0.2, -0.15) is 0 Å². The number of hydrogen-bond donors (Lipinski definition) is 1. The van der Waals surface area contributed by atoms with Gasteiger partial charge in [0.15, 0.2) is 0 Å². The van der Waals surface area contributed by atoms with Gasteiger partial charge in [0.25, 0.3) is 0 Å². The van der Waals surface area contributed by atoms with Crippen LogP contribution in [-0.4, -0.2) is 37.4 Å². The normalized spacial score (nSPS) is 16.0. The third kappa shape index (κ3) is 6.16. The molecular formula is C8H18INO2. The molecule has 2 unspecified atom stereocenters. The number of methoxy groups -OCH3 is 1. The van der Waals surface area contributed by atoms with Crippen molar-refractivity contribution in [3.63, 3.8) is 0 Å². The van der Waals surface area contributed by atoms with E-state index in [9.17, 15) is 0 Å². The first kappa shape index (κ1) is 12.6. The zero-order valence-electron chi connectivity index (χ0n) is 7.75. The van der Waals surface area contributed by atoms with E-state index < -0.39 is 0 Å². The van der Waals surface area contributed by atoms with Crippen LogP contribution < -0.4 is 5.73 Å². The van der Waals surface area contributed by atoms with E-state index in [1.54, 1.807) is 7.11 Å². The molecule has 0 saturated carbocycles. The number of halogens is 1.